The Kier molecular flexibility index (Phi) is 3.82. The number of aromatic nitrogens is 1. The van der Waals surface area contributed by atoms with E-state index in [0.29, 0.717) is 24.2 Å². The van der Waals surface area contributed by atoms with Crippen molar-refractivity contribution in [1.82, 2.24) is 9.88 Å². The summed E-state index contributed by atoms with van der Waals surface area (Å²) >= 11 is 3.40. The normalized spacial score (nSPS) is 19.0. The predicted octanol–water partition coefficient (Wildman–Crippen LogP) is 1.85. The molecule has 0 unspecified atom stereocenters. The van der Waals surface area contributed by atoms with Crippen molar-refractivity contribution < 1.29 is 4.79 Å². The summed E-state index contributed by atoms with van der Waals surface area (Å²) in [4.78, 5) is 29.1. The number of carbonyl (C=O) groups excluding carboxylic acids is 1. The van der Waals surface area contributed by atoms with E-state index in [-0.39, 0.29) is 17.5 Å². The number of rotatable bonds is 1. The number of likely N-dealkylation sites (tertiary alicyclic amines) is 1. The highest BCUT2D eigenvalue weighted by molar-refractivity contribution is 9.10. The Balaban J connectivity index is 2.09. The number of halogens is 1. The molecule has 1 amide bonds. The van der Waals surface area contributed by atoms with Gasteiger partial charge in [-0.15, -0.1) is 0 Å². The summed E-state index contributed by atoms with van der Waals surface area (Å²) in [5.41, 5.74) is 6.74. The Hall–Kier alpha value is -1.66. The molecule has 1 aromatic carbocycles. The van der Waals surface area contributed by atoms with Crippen LogP contribution in [0, 0.1) is 0 Å². The van der Waals surface area contributed by atoms with E-state index in [4.69, 9.17) is 5.73 Å². The summed E-state index contributed by atoms with van der Waals surface area (Å²) in [6, 6.07) is 6.92. The van der Waals surface area contributed by atoms with Gasteiger partial charge in [0.1, 0.15) is 0 Å². The number of piperidine rings is 1. The average Bonchev–Trinajstić information content (AvgIpc) is 2.47. The van der Waals surface area contributed by atoms with Crippen molar-refractivity contribution in [1.29, 1.82) is 0 Å². The number of nitrogens with two attached hydrogens (primary N) is 1. The number of fused-ring (bicyclic) bond motifs is 1. The minimum absolute atomic E-state index is 0.0164. The van der Waals surface area contributed by atoms with Gasteiger partial charge in [0.05, 0.1) is 11.1 Å². The van der Waals surface area contributed by atoms with Crippen LogP contribution in [0.15, 0.2) is 33.5 Å². The van der Waals surface area contributed by atoms with Gasteiger partial charge in [0.15, 0.2) is 0 Å². The van der Waals surface area contributed by atoms with E-state index in [2.05, 4.69) is 20.9 Å². The lowest BCUT2D eigenvalue weighted by atomic mass is 10.0. The van der Waals surface area contributed by atoms with E-state index < -0.39 is 0 Å². The summed E-state index contributed by atoms with van der Waals surface area (Å²) in [6.45, 7) is 1.23. The fourth-order valence-electron chi connectivity index (χ4n) is 2.79. The zero-order valence-corrected chi connectivity index (χ0v) is 13.0. The van der Waals surface area contributed by atoms with E-state index in [1.54, 1.807) is 4.90 Å². The van der Waals surface area contributed by atoms with Crippen LogP contribution in [0.3, 0.4) is 0 Å². The molecule has 21 heavy (non-hydrogen) atoms. The number of benzene rings is 1. The molecule has 3 N–H and O–H groups in total. The molecule has 0 saturated carbocycles. The second-order valence-corrected chi connectivity index (χ2v) is 6.22. The molecule has 1 aliphatic rings. The maximum Gasteiger partial charge on any atom is 0.254 e. The van der Waals surface area contributed by atoms with Crippen LogP contribution in [0.4, 0.5) is 0 Å². The fraction of sp³-hybridized carbons (Fsp3) is 0.333. The van der Waals surface area contributed by atoms with Crippen molar-refractivity contribution in [3.8, 4) is 0 Å². The molecule has 0 radical (unpaired) electrons. The SMILES string of the molecule is N[C@@H]1CCCN(C(=O)c2cc(=O)[nH]c3c(Br)cccc23)C1. The Morgan fingerprint density at radius 2 is 2.24 bits per heavy atom. The highest BCUT2D eigenvalue weighted by Gasteiger charge is 2.24. The van der Waals surface area contributed by atoms with Gasteiger partial charge in [-0.1, -0.05) is 12.1 Å². The number of nitrogens with one attached hydrogen (secondary N) is 1. The van der Waals surface area contributed by atoms with E-state index >= 15 is 0 Å². The minimum atomic E-state index is -0.279. The third-order valence-electron chi connectivity index (χ3n) is 3.80. The van der Waals surface area contributed by atoms with Gasteiger partial charge in [-0.3, -0.25) is 9.59 Å². The molecule has 1 atom stereocenters. The Morgan fingerprint density at radius 1 is 1.43 bits per heavy atom. The van der Waals surface area contributed by atoms with Crippen LogP contribution in [0.25, 0.3) is 10.9 Å². The van der Waals surface area contributed by atoms with Crippen LogP contribution in [0.5, 0.6) is 0 Å². The van der Waals surface area contributed by atoms with Crippen molar-refractivity contribution in [3.63, 3.8) is 0 Å². The Morgan fingerprint density at radius 3 is 3.00 bits per heavy atom. The average molecular weight is 350 g/mol. The van der Waals surface area contributed by atoms with E-state index in [9.17, 15) is 9.59 Å². The summed E-state index contributed by atoms with van der Waals surface area (Å²) in [5, 5.41) is 0.744. The van der Waals surface area contributed by atoms with Crippen LogP contribution < -0.4 is 11.3 Å². The van der Waals surface area contributed by atoms with E-state index in [1.807, 2.05) is 18.2 Å². The first-order chi connectivity index (χ1) is 10.1. The highest BCUT2D eigenvalue weighted by atomic mass is 79.9. The van der Waals surface area contributed by atoms with Gasteiger partial charge >= 0.3 is 0 Å². The zero-order chi connectivity index (χ0) is 15.0. The van der Waals surface area contributed by atoms with E-state index in [0.717, 1.165) is 22.7 Å². The first-order valence-corrected chi connectivity index (χ1v) is 7.72. The molecule has 110 valence electrons. The van der Waals surface area contributed by atoms with Gasteiger partial charge in [0, 0.05) is 35.1 Å². The van der Waals surface area contributed by atoms with Gasteiger partial charge in [-0.25, -0.2) is 0 Å². The van der Waals surface area contributed by atoms with Gasteiger partial charge in [0.2, 0.25) is 5.56 Å². The predicted molar refractivity (Wildman–Crippen MR) is 85.4 cm³/mol. The number of aromatic amines is 1. The van der Waals surface area contributed by atoms with Crippen LogP contribution >= 0.6 is 15.9 Å². The monoisotopic (exact) mass is 349 g/mol. The standard InChI is InChI=1S/C15H16BrN3O2/c16-12-5-1-4-10-11(7-13(20)18-14(10)12)15(21)19-6-2-3-9(17)8-19/h1,4-5,7,9H,2-3,6,8,17H2,(H,18,20)/t9-/m1/s1. The zero-order valence-electron chi connectivity index (χ0n) is 11.4. The molecule has 3 rings (SSSR count). The smallest absolute Gasteiger partial charge is 0.254 e. The van der Waals surface area contributed by atoms with Gasteiger partial charge < -0.3 is 15.6 Å². The molecule has 0 spiro atoms. The lowest BCUT2D eigenvalue weighted by Gasteiger charge is -2.31. The van der Waals surface area contributed by atoms with E-state index in [1.165, 1.54) is 6.07 Å². The van der Waals surface area contributed by atoms with Gasteiger partial charge in [-0.05, 0) is 34.8 Å². The second kappa shape index (κ2) is 5.61. The maximum absolute atomic E-state index is 12.7. The van der Waals surface area contributed by atoms with Crippen molar-refractivity contribution >= 4 is 32.7 Å². The highest BCUT2D eigenvalue weighted by Crippen LogP contribution is 2.24. The first kappa shape index (κ1) is 14.3. The summed E-state index contributed by atoms with van der Waals surface area (Å²) < 4.78 is 0.766. The summed E-state index contributed by atoms with van der Waals surface area (Å²) in [5.74, 6) is -0.126. The van der Waals surface area contributed by atoms with Crippen LogP contribution in [0.2, 0.25) is 0 Å². The molecule has 2 aromatic rings. The van der Waals surface area contributed by atoms with Crippen molar-refractivity contribution in [2.45, 2.75) is 18.9 Å². The Bertz CT molecular complexity index is 756. The largest absolute Gasteiger partial charge is 0.337 e. The molecule has 1 fully saturated rings. The molecule has 1 aliphatic heterocycles. The van der Waals surface area contributed by atoms with Gasteiger partial charge in [0.25, 0.3) is 5.91 Å². The molecular weight excluding hydrogens is 334 g/mol. The van der Waals surface area contributed by atoms with Crippen LogP contribution in [0.1, 0.15) is 23.2 Å². The summed E-state index contributed by atoms with van der Waals surface area (Å²) in [6.07, 6.45) is 1.84. The maximum atomic E-state index is 12.7. The van der Waals surface area contributed by atoms with Gasteiger partial charge in [-0.2, -0.15) is 0 Å². The van der Waals surface area contributed by atoms with Crippen molar-refractivity contribution in [2.24, 2.45) is 5.73 Å². The number of hydrogen-bond donors (Lipinski definition) is 2. The molecule has 6 heteroatoms. The molecule has 1 saturated heterocycles. The molecule has 0 bridgehead atoms. The first-order valence-electron chi connectivity index (χ1n) is 6.92. The fourth-order valence-corrected chi connectivity index (χ4v) is 3.25. The lowest BCUT2D eigenvalue weighted by molar-refractivity contribution is 0.0710. The van der Waals surface area contributed by atoms with Crippen LogP contribution in [-0.2, 0) is 0 Å². The summed E-state index contributed by atoms with van der Waals surface area (Å²) in [7, 11) is 0. The third-order valence-corrected chi connectivity index (χ3v) is 4.46. The lowest BCUT2D eigenvalue weighted by Crippen LogP contribution is -2.45. The molecule has 5 nitrogen and oxygen atoms in total. The number of pyridine rings is 1. The number of hydrogen-bond acceptors (Lipinski definition) is 3. The number of para-hydroxylation sites is 1. The minimum Gasteiger partial charge on any atom is -0.337 e. The number of carbonyl (C=O) groups is 1. The quantitative estimate of drug-likeness (QED) is 0.824. The third kappa shape index (κ3) is 2.73. The number of amides is 1. The number of H-pyrrole nitrogens is 1. The Labute approximate surface area is 130 Å². The molecular formula is C15H16BrN3O2. The second-order valence-electron chi connectivity index (χ2n) is 5.36. The molecule has 1 aromatic heterocycles. The van der Waals surface area contributed by atoms with Crippen LogP contribution in [-0.4, -0.2) is 34.9 Å². The molecule has 0 aliphatic carbocycles. The van der Waals surface area contributed by atoms with Crippen molar-refractivity contribution in [3.05, 3.63) is 44.7 Å². The topological polar surface area (TPSA) is 79.2 Å². The molecule has 2 heterocycles. The van der Waals surface area contributed by atoms with Crippen molar-refractivity contribution in [2.75, 3.05) is 13.1 Å². The number of nitrogens with zero attached hydrogens (tertiary/aromatic N) is 1.